The van der Waals surface area contributed by atoms with E-state index in [1.54, 1.807) is 54.6 Å². The quantitative estimate of drug-likeness (QED) is 0.276. The van der Waals surface area contributed by atoms with E-state index in [-0.39, 0.29) is 25.6 Å². The van der Waals surface area contributed by atoms with Crippen molar-refractivity contribution in [3.8, 4) is 5.75 Å². The first kappa shape index (κ1) is 24.2. The predicted octanol–water partition coefficient (Wildman–Crippen LogP) is 2.92. The number of aliphatic hydroxyl groups excluding tert-OH is 1. The third kappa shape index (κ3) is 8.31. The van der Waals surface area contributed by atoms with Gasteiger partial charge >= 0.3 is 12.1 Å². The maximum Gasteiger partial charge on any atom is 0.414 e. The summed E-state index contributed by atoms with van der Waals surface area (Å²) in [4.78, 5) is 35.9. The number of aliphatic hydroxyl groups is 1. The molecule has 8 nitrogen and oxygen atoms in total. The summed E-state index contributed by atoms with van der Waals surface area (Å²) in [5.41, 5.74) is 0.889. The first-order valence-corrected chi connectivity index (χ1v) is 10.3. The van der Waals surface area contributed by atoms with Gasteiger partial charge in [0.1, 0.15) is 18.5 Å². The molecule has 0 unspecified atom stereocenters. The Bertz CT molecular complexity index is 860. The Morgan fingerprint density at radius 2 is 1.71 bits per heavy atom. The molecule has 2 aromatic rings. The number of alkyl carbamates (subject to hydrolysis) is 1. The number of benzene rings is 2. The van der Waals surface area contributed by atoms with E-state index >= 15 is 0 Å². The molecule has 0 aliphatic carbocycles. The molecule has 2 amide bonds. The normalized spacial score (nSPS) is 11.3. The first-order valence-electron chi connectivity index (χ1n) is 9.71. The van der Waals surface area contributed by atoms with Crippen LogP contribution in [0.5, 0.6) is 5.75 Å². The lowest BCUT2D eigenvalue weighted by Gasteiger charge is -2.21. The molecule has 0 aromatic heterocycles. The number of nitrogens with one attached hydrogen (secondary N) is 1. The third-order valence-corrected chi connectivity index (χ3v) is 4.38. The number of carbonyl (C=O) groups is 3. The van der Waals surface area contributed by atoms with Crippen molar-refractivity contribution >= 4 is 30.6 Å². The van der Waals surface area contributed by atoms with Crippen LogP contribution < -0.4 is 10.1 Å². The van der Waals surface area contributed by atoms with Crippen LogP contribution in [-0.4, -0.2) is 48.6 Å². The molecule has 0 bridgehead atoms. The van der Waals surface area contributed by atoms with Crippen molar-refractivity contribution in [2.24, 2.45) is 0 Å². The summed E-state index contributed by atoms with van der Waals surface area (Å²) in [6, 6.07) is 15.2. The SMILES string of the molecule is O=C(CS)OCCC[C@H](OC(=O)NC(=O)c1ccccc1)c1ccccc1OCCO. The van der Waals surface area contributed by atoms with Crippen LogP contribution in [0.25, 0.3) is 0 Å². The van der Waals surface area contributed by atoms with Crippen molar-refractivity contribution in [3.05, 3.63) is 65.7 Å². The minimum absolute atomic E-state index is 0.0260. The number of rotatable bonds is 11. The molecule has 2 N–H and O–H groups in total. The lowest BCUT2D eigenvalue weighted by molar-refractivity contribution is -0.140. The number of hydrogen-bond acceptors (Lipinski definition) is 8. The zero-order valence-electron chi connectivity index (χ0n) is 16.9. The zero-order chi connectivity index (χ0) is 22.5. The second kappa shape index (κ2) is 13.3. The molecule has 0 aliphatic heterocycles. The van der Waals surface area contributed by atoms with Crippen LogP contribution >= 0.6 is 12.6 Å². The van der Waals surface area contributed by atoms with Gasteiger partial charge in [-0.2, -0.15) is 12.6 Å². The van der Waals surface area contributed by atoms with Crippen LogP contribution in [0.1, 0.15) is 34.9 Å². The number of esters is 1. The van der Waals surface area contributed by atoms with E-state index in [0.29, 0.717) is 29.7 Å². The van der Waals surface area contributed by atoms with Crippen molar-refractivity contribution in [1.82, 2.24) is 5.32 Å². The van der Waals surface area contributed by atoms with Crippen molar-refractivity contribution in [2.45, 2.75) is 18.9 Å². The maximum absolute atomic E-state index is 12.4. The Hall–Kier alpha value is -3.04. The Morgan fingerprint density at radius 1 is 1.00 bits per heavy atom. The number of imide groups is 1. The second-order valence-corrected chi connectivity index (χ2v) is 6.66. The lowest BCUT2D eigenvalue weighted by atomic mass is 10.0. The molecule has 9 heteroatoms. The number of hydrogen-bond donors (Lipinski definition) is 3. The fourth-order valence-corrected chi connectivity index (χ4v) is 2.82. The van der Waals surface area contributed by atoms with E-state index in [9.17, 15) is 14.4 Å². The minimum atomic E-state index is -0.914. The topological polar surface area (TPSA) is 111 Å². The Labute approximate surface area is 185 Å². The standard InChI is InChI=1S/C22H25NO7S/c24-12-14-28-18-10-5-4-9-17(18)19(11-6-13-29-20(25)15-31)30-22(27)23-21(26)16-7-2-1-3-8-16/h1-5,7-10,19,24,31H,6,11-15H2,(H,23,26,27)/t19-/m0/s1. The highest BCUT2D eigenvalue weighted by molar-refractivity contribution is 7.81. The van der Waals surface area contributed by atoms with Gasteiger partial charge < -0.3 is 19.3 Å². The van der Waals surface area contributed by atoms with E-state index in [0.717, 1.165) is 0 Å². The molecule has 0 radical (unpaired) electrons. The number of carbonyl (C=O) groups excluding carboxylic acids is 3. The molecule has 1 atom stereocenters. The zero-order valence-corrected chi connectivity index (χ0v) is 17.8. The molecule has 2 aromatic carbocycles. The van der Waals surface area contributed by atoms with Gasteiger partial charge in [-0.25, -0.2) is 4.79 Å². The van der Waals surface area contributed by atoms with Crippen molar-refractivity contribution in [2.75, 3.05) is 25.6 Å². The minimum Gasteiger partial charge on any atom is -0.491 e. The van der Waals surface area contributed by atoms with Crippen LogP contribution in [0.4, 0.5) is 4.79 Å². The summed E-state index contributed by atoms with van der Waals surface area (Å²) in [6.07, 6.45) is -0.971. The van der Waals surface area contributed by atoms with Gasteiger partial charge in [-0.05, 0) is 31.0 Å². The van der Waals surface area contributed by atoms with E-state index in [1.165, 1.54) is 0 Å². The van der Waals surface area contributed by atoms with Crippen LogP contribution in [0.15, 0.2) is 54.6 Å². The smallest absolute Gasteiger partial charge is 0.414 e. The highest BCUT2D eigenvalue weighted by Gasteiger charge is 2.22. The molecule has 2 rings (SSSR count). The first-order chi connectivity index (χ1) is 15.0. The molecular formula is C22H25NO7S. The highest BCUT2D eigenvalue weighted by atomic mass is 32.1. The summed E-state index contributed by atoms with van der Waals surface area (Å²) in [5, 5.41) is 11.2. The summed E-state index contributed by atoms with van der Waals surface area (Å²) < 4.78 is 16.1. The van der Waals surface area contributed by atoms with Gasteiger partial charge in [0.2, 0.25) is 0 Å². The van der Waals surface area contributed by atoms with Crippen molar-refractivity contribution in [1.29, 1.82) is 0 Å². The van der Waals surface area contributed by atoms with Gasteiger partial charge in [0.15, 0.2) is 0 Å². The average Bonchev–Trinajstić information content (AvgIpc) is 2.80. The summed E-state index contributed by atoms with van der Waals surface area (Å²) in [5.74, 6) is -0.617. The number of thiol groups is 1. The van der Waals surface area contributed by atoms with Gasteiger partial charge in [-0.1, -0.05) is 36.4 Å². The van der Waals surface area contributed by atoms with Crippen LogP contribution in [0, 0.1) is 0 Å². The monoisotopic (exact) mass is 447 g/mol. The molecule has 0 heterocycles. The van der Waals surface area contributed by atoms with Gasteiger partial charge in [0.05, 0.1) is 19.0 Å². The largest absolute Gasteiger partial charge is 0.491 e. The van der Waals surface area contributed by atoms with Crippen LogP contribution in [0.2, 0.25) is 0 Å². The summed E-state index contributed by atoms with van der Waals surface area (Å²) in [6.45, 7) is 0.0249. The number of ether oxygens (including phenoxy) is 3. The van der Waals surface area contributed by atoms with Gasteiger partial charge in [-0.15, -0.1) is 0 Å². The van der Waals surface area contributed by atoms with E-state index in [2.05, 4.69) is 17.9 Å². The van der Waals surface area contributed by atoms with E-state index < -0.39 is 24.1 Å². The average molecular weight is 448 g/mol. The summed E-state index contributed by atoms with van der Waals surface area (Å²) >= 11 is 3.85. The Kier molecular flexibility index (Phi) is 10.4. The van der Waals surface area contributed by atoms with E-state index in [4.69, 9.17) is 19.3 Å². The highest BCUT2D eigenvalue weighted by Crippen LogP contribution is 2.31. The van der Waals surface area contributed by atoms with Gasteiger partial charge in [-0.3, -0.25) is 14.9 Å². The molecule has 31 heavy (non-hydrogen) atoms. The van der Waals surface area contributed by atoms with Crippen molar-refractivity contribution in [3.63, 3.8) is 0 Å². The van der Waals surface area contributed by atoms with Crippen molar-refractivity contribution < 1.29 is 33.7 Å². The number of amides is 2. The Balaban J connectivity index is 2.09. The molecule has 0 saturated carbocycles. The molecule has 0 saturated heterocycles. The summed E-state index contributed by atoms with van der Waals surface area (Å²) in [7, 11) is 0. The molecular weight excluding hydrogens is 422 g/mol. The van der Waals surface area contributed by atoms with Crippen LogP contribution in [0.3, 0.4) is 0 Å². The second-order valence-electron chi connectivity index (χ2n) is 6.34. The fraction of sp³-hybridized carbons (Fsp3) is 0.318. The maximum atomic E-state index is 12.4. The molecule has 166 valence electrons. The predicted molar refractivity (Wildman–Crippen MR) is 116 cm³/mol. The number of para-hydroxylation sites is 1. The molecule has 0 spiro atoms. The lowest BCUT2D eigenvalue weighted by Crippen LogP contribution is -2.32. The van der Waals surface area contributed by atoms with Gasteiger partial charge in [0.25, 0.3) is 5.91 Å². The molecule has 0 fully saturated rings. The van der Waals surface area contributed by atoms with Crippen LogP contribution in [-0.2, 0) is 14.3 Å². The third-order valence-electron chi connectivity index (χ3n) is 4.12. The Morgan fingerprint density at radius 3 is 2.42 bits per heavy atom. The van der Waals surface area contributed by atoms with E-state index in [1.807, 2.05) is 0 Å². The molecule has 0 aliphatic rings. The van der Waals surface area contributed by atoms with Gasteiger partial charge in [0, 0.05) is 11.1 Å². The fourth-order valence-electron chi connectivity index (χ4n) is 2.72.